The zero-order valence-electron chi connectivity index (χ0n) is 16.6. The molecule has 1 heterocycles. The van der Waals surface area contributed by atoms with Crippen LogP contribution in [0.4, 0.5) is 0 Å². The molecule has 4 heteroatoms. The summed E-state index contributed by atoms with van der Waals surface area (Å²) < 4.78 is 5.17. The Labute approximate surface area is 162 Å². The molecule has 1 atom stereocenters. The average molecular weight is 367 g/mol. The largest absolute Gasteiger partial charge is 0.497 e. The molecule has 0 radical (unpaired) electrons. The number of amides is 1. The third-order valence-corrected chi connectivity index (χ3v) is 5.43. The van der Waals surface area contributed by atoms with E-state index in [9.17, 15) is 4.79 Å². The fraction of sp³-hybridized carbons (Fsp3) is 0.435. The Kier molecular flexibility index (Phi) is 6.51. The molecule has 1 N–H and O–H groups in total. The zero-order chi connectivity index (χ0) is 19.2. The van der Waals surface area contributed by atoms with E-state index in [-0.39, 0.29) is 5.91 Å². The lowest BCUT2D eigenvalue weighted by molar-refractivity contribution is -0.120. The van der Waals surface area contributed by atoms with Crippen LogP contribution in [0.3, 0.4) is 0 Å². The molecule has 3 rings (SSSR count). The maximum Gasteiger partial charge on any atom is 0.224 e. The minimum Gasteiger partial charge on any atom is -0.497 e. The number of nitrogens with zero attached hydrogens (tertiary/aromatic N) is 1. The predicted molar refractivity (Wildman–Crippen MR) is 109 cm³/mol. The smallest absolute Gasteiger partial charge is 0.224 e. The number of carbonyl (C=O) groups excluding carboxylic acids is 1. The first-order valence-corrected chi connectivity index (χ1v) is 9.77. The van der Waals surface area contributed by atoms with Gasteiger partial charge in [-0.2, -0.15) is 0 Å². The second kappa shape index (κ2) is 9.05. The van der Waals surface area contributed by atoms with Gasteiger partial charge in [0.1, 0.15) is 5.75 Å². The Balaban J connectivity index is 1.56. The lowest BCUT2D eigenvalue weighted by Gasteiger charge is -2.38. The van der Waals surface area contributed by atoms with Gasteiger partial charge in [-0.1, -0.05) is 50.2 Å². The number of benzene rings is 2. The molecule has 0 saturated carbocycles. The van der Waals surface area contributed by atoms with Crippen LogP contribution in [0.5, 0.6) is 5.75 Å². The molecule has 1 amide bonds. The Hall–Kier alpha value is -2.33. The van der Waals surface area contributed by atoms with Gasteiger partial charge in [0.05, 0.1) is 13.5 Å². The molecule has 0 spiro atoms. The van der Waals surface area contributed by atoms with Crippen LogP contribution >= 0.6 is 0 Å². The minimum absolute atomic E-state index is 0.0724. The van der Waals surface area contributed by atoms with Crippen molar-refractivity contribution < 1.29 is 9.53 Å². The number of methoxy groups -OCH3 is 1. The van der Waals surface area contributed by atoms with Gasteiger partial charge < -0.3 is 10.1 Å². The number of nitrogens with one attached hydrogen (secondary N) is 1. The quantitative estimate of drug-likeness (QED) is 0.816. The molecule has 0 unspecified atom stereocenters. The van der Waals surface area contributed by atoms with Crippen molar-refractivity contribution in [1.29, 1.82) is 0 Å². The highest BCUT2D eigenvalue weighted by molar-refractivity contribution is 5.78. The number of hydrogen-bond acceptors (Lipinski definition) is 3. The van der Waals surface area contributed by atoms with Gasteiger partial charge in [0.2, 0.25) is 5.91 Å². The van der Waals surface area contributed by atoms with E-state index >= 15 is 0 Å². The summed E-state index contributed by atoms with van der Waals surface area (Å²) in [6.45, 7) is 7.18. The highest BCUT2D eigenvalue weighted by Crippen LogP contribution is 2.22. The highest BCUT2D eigenvalue weighted by Gasteiger charge is 2.26. The molecule has 2 aromatic rings. The van der Waals surface area contributed by atoms with E-state index in [1.54, 1.807) is 7.11 Å². The summed E-state index contributed by atoms with van der Waals surface area (Å²) in [5.74, 6) is 1.36. The van der Waals surface area contributed by atoms with E-state index in [0.29, 0.717) is 24.9 Å². The van der Waals surface area contributed by atoms with Crippen molar-refractivity contribution in [3.63, 3.8) is 0 Å². The molecule has 0 fully saturated rings. The maximum absolute atomic E-state index is 12.4. The van der Waals surface area contributed by atoms with Crippen molar-refractivity contribution in [2.45, 2.75) is 39.3 Å². The molecule has 0 bridgehead atoms. The SMILES string of the molecule is COc1ccc(CC(=O)NC[C@H](C(C)C)N2CCc3ccccc3C2)cc1. The topological polar surface area (TPSA) is 41.6 Å². The van der Waals surface area contributed by atoms with E-state index in [1.165, 1.54) is 11.1 Å². The van der Waals surface area contributed by atoms with Crippen LogP contribution in [0.15, 0.2) is 48.5 Å². The summed E-state index contributed by atoms with van der Waals surface area (Å²) in [6.07, 6.45) is 1.48. The molecule has 144 valence electrons. The van der Waals surface area contributed by atoms with E-state index in [4.69, 9.17) is 4.74 Å². The van der Waals surface area contributed by atoms with Crippen LogP contribution in [0.2, 0.25) is 0 Å². The highest BCUT2D eigenvalue weighted by atomic mass is 16.5. The van der Waals surface area contributed by atoms with Crippen LogP contribution in [-0.4, -0.2) is 37.0 Å². The number of rotatable bonds is 7. The van der Waals surface area contributed by atoms with Crippen LogP contribution in [0.25, 0.3) is 0 Å². The lowest BCUT2D eigenvalue weighted by Crippen LogP contribution is -2.48. The Morgan fingerprint density at radius 1 is 1.11 bits per heavy atom. The van der Waals surface area contributed by atoms with Gasteiger partial charge in [0.25, 0.3) is 0 Å². The average Bonchev–Trinajstić information content (AvgIpc) is 2.68. The number of hydrogen-bond donors (Lipinski definition) is 1. The van der Waals surface area contributed by atoms with E-state index < -0.39 is 0 Å². The van der Waals surface area contributed by atoms with Gasteiger partial charge in [-0.3, -0.25) is 9.69 Å². The molecule has 4 nitrogen and oxygen atoms in total. The molecular formula is C23H30N2O2. The minimum atomic E-state index is 0.0724. The van der Waals surface area contributed by atoms with E-state index in [1.807, 2.05) is 24.3 Å². The monoisotopic (exact) mass is 366 g/mol. The predicted octanol–water partition coefficient (Wildman–Crippen LogP) is 3.44. The first-order valence-electron chi connectivity index (χ1n) is 9.77. The number of fused-ring (bicyclic) bond motifs is 1. The summed E-state index contributed by atoms with van der Waals surface area (Å²) in [7, 11) is 1.65. The normalized spacial score (nSPS) is 15.3. The second-order valence-electron chi connectivity index (χ2n) is 7.63. The molecule has 1 aliphatic rings. The van der Waals surface area contributed by atoms with Gasteiger partial charge >= 0.3 is 0 Å². The standard InChI is InChI=1S/C23H30N2O2/c1-17(2)22(25-13-12-19-6-4-5-7-20(19)16-25)15-24-23(26)14-18-8-10-21(27-3)11-9-18/h4-11,17,22H,12-16H2,1-3H3,(H,24,26)/t22-/m1/s1. The second-order valence-corrected chi connectivity index (χ2v) is 7.63. The Morgan fingerprint density at radius 2 is 1.81 bits per heavy atom. The van der Waals surface area contributed by atoms with Crippen molar-refractivity contribution in [3.05, 3.63) is 65.2 Å². The first-order chi connectivity index (χ1) is 13.1. The third kappa shape index (κ3) is 5.10. The molecule has 2 aromatic carbocycles. The summed E-state index contributed by atoms with van der Waals surface area (Å²) in [4.78, 5) is 14.9. The van der Waals surface area contributed by atoms with Gasteiger partial charge in [0, 0.05) is 25.7 Å². The number of carbonyl (C=O) groups is 1. The Bertz CT molecular complexity index is 755. The maximum atomic E-state index is 12.4. The van der Waals surface area contributed by atoms with E-state index in [0.717, 1.165) is 30.8 Å². The molecule has 27 heavy (non-hydrogen) atoms. The number of ether oxygens (including phenoxy) is 1. The summed E-state index contributed by atoms with van der Waals surface area (Å²) in [5.41, 5.74) is 3.88. The van der Waals surface area contributed by atoms with Gasteiger partial charge in [-0.05, 0) is 41.2 Å². The lowest BCUT2D eigenvalue weighted by atomic mass is 9.95. The molecule has 1 aliphatic heterocycles. The molecule has 0 saturated heterocycles. The van der Waals surface area contributed by atoms with Gasteiger partial charge in [0.15, 0.2) is 0 Å². The third-order valence-electron chi connectivity index (χ3n) is 5.43. The van der Waals surface area contributed by atoms with Gasteiger partial charge in [-0.25, -0.2) is 0 Å². The van der Waals surface area contributed by atoms with Crippen molar-refractivity contribution >= 4 is 5.91 Å². The Morgan fingerprint density at radius 3 is 2.48 bits per heavy atom. The summed E-state index contributed by atoms with van der Waals surface area (Å²) >= 11 is 0. The van der Waals surface area contributed by atoms with Crippen molar-refractivity contribution in [2.75, 3.05) is 20.2 Å². The molecule has 0 aliphatic carbocycles. The molecule has 0 aromatic heterocycles. The van der Waals surface area contributed by atoms with Crippen LogP contribution in [0, 0.1) is 5.92 Å². The fourth-order valence-corrected chi connectivity index (χ4v) is 3.80. The van der Waals surface area contributed by atoms with Gasteiger partial charge in [-0.15, -0.1) is 0 Å². The van der Waals surface area contributed by atoms with Crippen molar-refractivity contribution in [2.24, 2.45) is 5.92 Å². The zero-order valence-corrected chi connectivity index (χ0v) is 16.6. The van der Waals surface area contributed by atoms with Crippen molar-refractivity contribution in [3.8, 4) is 5.75 Å². The van der Waals surface area contributed by atoms with Crippen LogP contribution in [-0.2, 0) is 24.2 Å². The molecular weight excluding hydrogens is 336 g/mol. The van der Waals surface area contributed by atoms with Crippen LogP contribution < -0.4 is 10.1 Å². The van der Waals surface area contributed by atoms with Crippen LogP contribution in [0.1, 0.15) is 30.5 Å². The van der Waals surface area contributed by atoms with Crippen molar-refractivity contribution in [1.82, 2.24) is 10.2 Å². The first kappa shape index (κ1) is 19.4. The summed E-state index contributed by atoms with van der Waals surface area (Å²) in [5, 5.41) is 3.15. The fourth-order valence-electron chi connectivity index (χ4n) is 3.80. The summed E-state index contributed by atoms with van der Waals surface area (Å²) in [6, 6.07) is 16.7. The van der Waals surface area contributed by atoms with E-state index in [2.05, 4.69) is 48.3 Å².